The lowest BCUT2D eigenvalue weighted by molar-refractivity contribution is -0.384. The molecule has 1 atom stereocenters. The molecule has 1 aromatic rings. The number of nitro benzene ring substituents is 1. The van der Waals surface area contributed by atoms with E-state index in [9.17, 15) is 39.8 Å². The van der Waals surface area contributed by atoms with Crippen LogP contribution in [0.1, 0.15) is 5.56 Å². The second-order valence-corrected chi connectivity index (χ2v) is 8.75. The van der Waals surface area contributed by atoms with Crippen LogP contribution in [0.5, 0.6) is 0 Å². The quantitative estimate of drug-likeness (QED) is 0.254. The first kappa shape index (κ1) is 28.1. The van der Waals surface area contributed by atoms with E-state index >= 15 is 0 Å². The number of hydrogen-bond donors (Lipinski definition) is 3. The van der Waals surface area contributed by atoms with E-state index < -0.39 is 42.0 Å². The number of benzene rings is 1. The average molecular weight is 496 g/mol. The summed E-state index contributed by atoms with van der Waals surface area (Å²) in [5.74, 6) is -3.22. The van der Waals surface area contributed by atoms with Crippen LogP contribution in [-0.4, -0.2) is 136 Å². The number of carboxylic acid groups (broad SMARTS) is 3. The molecule has 13 heteroatoms. The standard InChI is InChI=1S/C22H33N5O8/c1-23-6-8-24(10-11-25(9-7-23)14-20(28)29)13-19(26(15-21(30)31)16-22(32)33)12-17-2-4-18(5-3-17)27(34)35/h2-5,19H,6-16H2,1H3,(H,28,29)(H,30,31)(H,32,33). The number of carboxylic acids is 3. The van der Waals surface area contributed by atoms with Gasteiger partial charge in [-0.2, -0.15) is 0 Å². The van der Waals surface area contributed by atoms with Gasteiger partial charge in [0.2, 0.25) is 0 Å². The van der Waals surface area contributed by atoms with Crippen LogP contribution in [0.2, 0.25) is 0 Å². The number of carbonyl (C=O) groups is 3. The Kier molecular flexibility index (Phi) is 11.0. The first-order valence-corrected chi connectivity index (χ1v) is 11.3. The summed E-state index contributed by atoms with van der Waals surface area (Å²) in [7, 11) is 1.94. The summed E-state index contributed by atoms with van der Waals surface area (Å²) in [5, 5.41) is 39.0. The number of aliphatic carboxylic acids is 3. The molecule has 0 aromatic heterocycles. The van der Waals surface area contributed by atoms with E-state index in [1.165, 1.54) is 17.0 Å². The Bertz CT molecular complexity index is 865. The number of hydrogen-bond acceptors (Lipinski definition) is 9. The molecule has 0 bridgehead atoms. The third-order valence-corrected chi connectivity index (χ3v) is 5.97. The summed E-state index contributed by atoms with van der Waals surface area (Å²) in [6.07, 6.45) is 0.295. The third-order valence-electron chi connectivity index (χ3n) is 5.97. The second-order valence-electron chi connectivity index (χ2n) is 8.75. The molecule has 3 N–H and O–H groups in total. The molecule has 0 aliphatic carbocycles. The summed E-state index contributed by atoms with van der Waals surface area (Å²) < 4.78 is 0. The molecule has 0 amide bonds. The van der Waals surface area contributed by atoms with Crippen LogP contribution >= 0.6 is 0 Å². The largest absolute Gasteiger partial charge is 0.480 e. The Morgan fingerprint density at radius 1 is 0.914 bits per heavy atom. The highest BCUT2D eigenvalue weighted by Gasteiger charge is 2.27. The highest BCUT2D eigenvalue weighted by molar-refractivity contribution is 5.72. The SMILES string of the molecule is CN1CCN(CC(=O)O)CCN(CC(Cc2ccc([N+](=O)[O-])cc2)N(CC(=O)O)CC(=O)O)CC1. The zero-order valence-electron chi connectivity index (χ0n) is 19.8. The van der Waals surface area contributed by atoms with Gasteiger partial charge in [0.15, 0.2) is 0 Å². The maximum Gasteiger partial charge on any atom is 0.317 e. The van der Waals surface area contributed by atoms with Crippen LogP contribution in [-0.2, 0) is 20.8 Å². The van der Waals surface area contributed by atoms with Crippen molar-refractivity contribution < 1.29 is 34.6 Å². The van der Waals surface area contributed by atoms with Crippen LogP contribution in [0.15, 0.2) is 24.3 Å². The number of non-ortho nitro benzene ring substituents is 1. The third kappa shape index (κ3) is 10.3. The lowest BCUT2D eigenvalue weighted by Gasteiger charge is -2.35. The van der Waals surface area contributed by atoms with Crippen molar-refractivity contribution in [1.29, 1.82) is 0 Å². The molecule has 1 aliphatic rings. The number of likely N-dealkylation sites (N-methyl/N-ethyl adjacent to an activating group) is 1. The van der Waals surface area contributed by atoms with Gasteiger partial charge >= 0.3 is 17.9 Å². The lowest BCUT2D eigenvalue weighted by Crippen LogP contribution is -2.50. The van der Waals surface area contributed by atoms with Gasteiger partial charge in [-0.15, -0.1) is 0 Å². The fraction of sp³-hybridized carbons (Fsp3) is 0.591. The molecule has 1 aromatic carbocycles. The van der Waals surface area contributed by atoms with Gasteiger partial charge in [0.05, 0.1) is 24.6 Å². The summed E-state index contributed by atoms with van der Waals surface area (Å²) >= 11 is 0. The molecule has 2 rings (SSSR count). The highest BCUT2D eigenvalue weighted by Crippen LogP contribution is 2.16. The molecule has 194 valence electrons. The Balaban J connectivity index is 2.26. The molecular weight excluding hydrogens is 462 g/mol. The maximum atomic E-state index is 11.5. The van der Waals surface area contributed by atoms with Crippen molar-refractivity contribution in [3.8, 4) is 0 Å². The van der Waals surface area contributed by atoms with Crippen molar-refractivity contribution in [2.24, 2.45) is 0 Å². The van der Waals surface area contributed by atoms with Crippen molar-refractivity contribution in [3.63, 3.8) is 0 Å². The van der Waals surface area contributed by atoms with Gasteiger partial charge in [-0.05, 0) is 19.0 Å². The number of rotatable bonds is 12. The van der Waals surface area contributed by atoms with E-state index in [4.69, 9.17) is 0 Å². The van der Waals surface area contributed by atoms with Crippen molar-refractivity contribution in [3.05, 3.63) is 39.9 Å². The fourth-order valence-corrected chi connectivity index (χ4v) is 4.07. The minimum atomic E-state index is -1.16. The number of nitrogens with zero attached hydrogens (tertiary/aromatic N) is 5. The van der Waals surface area contributed by atoms with E-state index in [1.54, 1.807) is 12.1 Å². The molecule has 35 heavy (non-hydrogen) atoms. The minimum Gasteiger partial charge on any atom is -0.480 e. The van der Waals surface area contributed by atoms with Crippen LogP contribution in [0.3, 0.4) is 0 Å². The molecule has 0 saturated carbocycles. The normalized spacial score (nSPS) is 17.3. The molecule has 1 saturated heterocycles. The molecule has 1 aliphatic heterocycles. The van der Waals surface area contributed by atoms with Gasteiger partial charge in [-0.25, -0.2) is 0 Å². The Morgan fingerprint density at radius 2 is 1.43 bits per heavy atom. The Morgan fingerprint density at radius 3 is 1.94 bits per heavy atom. The molecule has 1 fully saturated rings. The monoisotopic (exact) mass is 495 g/mol. The first-order valence-electron chi connectivity index (χ1n) is 11.3. The van der Waals surface area contributed by atoms with Crippen molar-refractivity contribution in [1.82, 2.24) is 19.6 Å². The second kappa shape index (κ2) is 13.7. The van der Waals surface area contributed by atoms with Crippen LogP contribution < -0.4 is 0 Å². The van der Waals surface area contributed by atoms with Gasteiger partial charge in [0.1, 0.15) is 0 Å². The van der Waals surface area contributed by atoms with E-state index in [2.05, 4.69) is 9.80 Å². The van der Waals surface area contributed by atoms with Crippen molar-refractivity contribution in [2.45, 2.75) is 12.5 Å². The molecular formula is C22H33N5O8. The van der Waals surface area contributed by atoms with E-state index in [0.29, 0.717) is 52.2 Å². The van der Waals surface area contributed by atoms with Crippen molar-refractivity contribution >= 4 is 23.6 Å². The first-order chi connectivity index (χ1) is 16.5. The Labute approximate surface area is 203 Å². The molecule has 0 spiro atoms. The summed E-state index contributed by atoms with van der Waals surface area (Å²) in [5.41, 5.74) is 0.648. The zero-order valence-corrected chi connectivity index (χ0v) is 19.8. The molecule has 1 heterocycles. The molecule has 1 unspecified atom stereocenters. The van der Waals surface area contributed by atoms with Crippen LogP contribution in [0.4, 0.5) is 5.69 Å². The molecule has 13 nitrogen and oxygen atoms in total. The lowest BCUT2D eigenvalue weighted by atomic mass is 10.0. The highest BCUT2D eigenvalue weighted by atomic mass is 16.6. The van der Waals surface area contributed by atoms with Gasteiger partial charge in [0.25, 0.3) is 5.69 Å². The van der Waals surface area contributed by atoms with Crippen molar-refractivity contribution in [2.75, 3.05) is 72.5 Å². The maximum absolute atomic E-state index is 11.5. The van der Waals surface area contributed by atoms with Gasteiger partial charge in [-0.3, -0.25) is 39.2 Å². The van der Waals surface area contributed by atoms with Gasteiger partial charge in [-0.1, -0.05) is 12.1 Å². The zero-order chi connectivity index (χ0) is 26.0. The smallest absolute Gasteiger partial charge is 0.317 e. The van der Waals surface area contributed by atoms with E-state index in [-0.39, 0.29) is 12.2 Å². The van der Waals surface area contributed by atoms with E-state index in [1.807, 2.05) is 11.9 Å². The van der Waals surface area contributed by atoms with E-state index in [0.717, 1.165) is 5.56 Å². The Hall–Kier alpha value is -3.13. The predicted octanol–water partition coefficient (Wildman–Crippen LogP) is -0.389. The topological polar surface area (TPSA) is 168 Å². The van der Waals surface area contributed by atoms with Gasteiger partial charge in [0, 0.05) is 64.0 Å². The fourth-order valence-electron chi connectivity index (χ4n) is 4.07. The van der Waals surface area contributed by atoms with Crippen LogP contribution in [0.25, 0.3) is 0 Å². The number of nitro groups is 1. The summed E-state index contributed by atoms with van der Waals surface area (Å²) in [4.78, 5) is 52.1. The van der Waals surface area contributed by atoms with Gasteiger partial charge < -0.3 is 20.2 Å². The summed E-state index contributed by atoms with van der Waals surface area (Å²) in [6.45, 7) is 3.03. The average Bonchev–Trinajstić information content (AvgIpc) is 2.84. The minimum absolute atomic E-state index is 0.0696. The molecule has 0 radical (unpaired) electrons. The van der Waals surface area contributed by atoms with Crippen LogP contribution in [0, 0.1) is 10.1 Å². The summed E-state index contributed by atoms with van der Waals surface area (Å²) in [6, 6.07) is 5.41. The predicted molar refractivity (Wildman–Crippen MR) is 125 cm³/mol.